The maximum absolute atomic E-state index is 9.43. The molecule has 2 N–H and O–H groups in total. The molecular weight excluding hydrogens is 144 g/mol. The van der Waals surface area contributed by atoms with E-state index in [2.05, 4.69) is 0 Å². The van der Waals surface area contributed by atoms with Gasteiger partial charge in [0.15, 0.2) is 0 Å². The highest BCUT2D eigenvalue weighted by molar-refractivity contribution is 6.12. The molecule has 2 rings (SSSR count). The first-order chi connectivity index (χ1) is 4.70. The first-order valence-corrected chi connectivity index (χ1v) is 5.21. The van der Waals surface area contributed by atoms with Crippen LogP contribution in [0.5, 0.6) is 0 Å². The van der Waals surface area contributed by atoms with Crippen molar-refractivity contribution < 1.29 is 10.2 Å². The molecule has 2 bridgehead atoms. The average Bonchev–Trinajstić information content (AvgIpc) is 2.36. The zero-order chi connectivity index (χ0) is 7.30. The summed E-state index contributed by atoms with van der Waals surface area (Å²) in [4.78, 5) is 0. The van der Waals surface area contributed by atoms with Crippen LogP contribution >= 0.6 is 0 Å². The summed E-state index contributed by atoms with van der Waals surface area (Å²) in [5.74, 6) is 0.883. The summed E-state index contributed by atoms with van der Waals surface area (Å²) in [7, 11) is 1.18. The van der Waals surface area contributed by atoms with Gasteiger partial charge in [-0.1, -0.05) is 0 Å². The van der Waals surface area contributed by atoms with Crippen molar-refractivity contribution in [2.75, 3.05) is 0 Å². The molecule has 5 atom stereocenters. The molecule has 5 unspecified atom stereocenters. The summed E-state index contributed by atoms with van der Waals surface area (Å²) >= 11 is 0. The van der Waals surface area contributed by atoms with E-state index in [-0.39, 0.29) is 6.10 Å². The van der Waals surface area contributed by atoms with Gasteiger partial charge in [0.1, 0.15) is 0 Å². The molecule has 0 saturated heterocycles. The highest BCUT2D eigenvalue weighted by Crippen LogP contribution is 2.50. The number of aliphatic hydroxyl groups is 2. The minimum Gasteiger partial charge on any atom is -0.390 e. The second-order valence-corrected chi connectivity index (χ2v) is 5.34. The largest absolute Gasteiger partial charge is 0.390 e. The number of hydrogen-bond donors (Lipinski definition) is 2. The minimum atomic E-state index is -0.393. The molecule has 0 heterocycles. The van der Waals surface area contributed by atoms with Crippen LogP contribution in [0.3, 0.4) is 0 Å². The van der Waals surface area contributed by atoms with Crippen LogP contribution in [-0.4, -0.2) is 32.7 Å². The summed E-state index contributed by atoms with van der Waals surface area (Å²) < 4.78 is 0. The van der Waals surface area contributed by atoms with Crippen molar-refractivity contribution >= 4 is 10.2 Å². The Morgan fingerprint density at radius 2 is 1.80 bits per heavy atom. The van der Waals surface area contributed by atoms with Gasteiger partial charge >= 0.3 is 0 Å². The highest BCUT2D eigenvalue weighted by atomic mass is 28.1. The summed E-state index contributed by atoms with van der Waals surface area (Å²) in [5, 5.41) is 18.8. The molecule has 58 valence electrons. The van der Waals surface area contributed by atoms with E-state index in [0.29, 0.717) is 11.8 Å². The predicted octanol–water partition coefficient (Wildman–Crippen LogP) is -1.10. The minimum absolute atomic E-state index is 0.388. The maximum atomic E-state index is 9.43. The molecule has 2 nitrogen and oxygen atoms in total. The molecule has 0 aromatic rings. The molecule has 0 aromatic heterocycles. The molecule has 10 heavy (non-hydrogen) atoms. The van der Waals surface area contributed by atoms with E-state index in [1.807, 2.05) is 0 Å². The molecule has 0 radical (unpaired) electrons. The van der Waals surface area contributed by atoms with E-state index >= 15 is 0 Å². The Kier molecular flexibility index (Phi) is 1.41. The van der Waals surface area contributed by atoms with Gasteiger partial charge in [-0.25, -0.2) is 0 Å². The van der Waals surface area contributed by atoms with Crippen molar-refractivity contribution in [2.24, 2.45) is 11.8 Å². The standard InChI is InChI=1S/C7H14O2Si/c8-6-3-1-4(7(6)9)5(10)2-3/h3-9H,1-2H2,10H3. The topological polar surface area (TPSA) is 40.5 Å². The van der Waals surface area contributed by atoms with E-state index in [1.165, 1.54) is 16.7 Å². The number of fused-ring (bicyclic) bond motifs is 2. The van der Waals surface area contributed by atoms with E-state index in [1.54, 1.807) is 0 Å². The first kappa shape index (κ1) is 6.82. The molecule has 3 heteroatoms. The van der Waals surface area contributed by atoms with Crippen LogP contribution in [-0.2, 0) is 0 Å². The van der Waals surface area contributed by atoms with Crippen LogP contribution < -0.4 is 0 Å². The third-order valence-electron chi connectivity index (χ3n) is 3.25. The van der Waals surface area contributed by atoms with Gasteiger partial charge in [-0.3, -0.25) is 0 Å². The van der Waals surface area contributed by atoms with Gasteiger partial charge in [0.05, 0.1) is 12.2 Å². The molecule has 2 fully saturated rings. The van der Waals surface area contributed by atoms with Gasteiger partial charge in [-0.2, -0.15) is 0 Å². The second-order valence-electron chi connectivity index (χ2n) is 3.85. The van der Waals surface area contributed by atoms with Crippen molar-refractivity contribution in [2.45, 2.75) is 30.6 Å². The summed E-state index contributed by atoms with van der Waals surface area (Å²) in [6.45, 7) is 0. The lowest BCUT2D eigenvalue weighted by atomic mass is 9.94. The zero-order valence-corrected chi connectivity index (χ0v) is 8.20. The highest BCUT2D eigenvalue weighted by Gasteiger charge is 2.49. The average molecular weight is 158 g/mol. The van der Waals surface area contributed by atoms with Crippen LogP contribution in [0.15, 0.2) is 0 Å². The molecule has 0 spiro atoms. The lowest BCUT2D eigenvalue weighted by Crippen LogP contribution is -2.34. The Bertz CT molecular complexity index is 149. The molecule has 2 aliphatic rings. The zero-order valence-electron chi connectivity index (χ0n) is 6.20. The van der Waals surface area contributed by atoms with Crippen molar-refractivity contribution in [1.29, 1.82) is 0 Å². The Morgan fingerprint density at radius 3 is 2.20 bits per heavy atom. The summed E-state index contributed by atoms with van der Waals surface area (Å²) in [6.07, 6.45) is 1.47. The van der Waals surface area contributed by atoms with Crippen LogP contribution in [0.2, 0.25) is 5.54 Å². The Balaban J connectivity index is 2.16. The van der Waals surface area contributed by atoms with Crippen molar-refractivity contribution in [1.82, 2.24) is 0 Å². The monoisotopic (exact) mass is 158 g/mol. The van der Waals surface area contributed by atoms with Crippen LogP contribution in [0.4, 0.5) is 0 Å². The predicted molar refractivity (Wildman–Crippen MR) is 41.9 cm³/mol. The third kappa shape index (κ3) is 0.711. The lowest BCUT2D eigenvalue weighted by Gasteiger charge is -2.26. The molecule has 0 aromatic carbocycles. The van der Waals surface area contributed by atoms with Crippen molar-refractivity contribution in [3.8, 4) is 0 Å². The van der Waals surface area contributed by atoms with Gasteiger partial charge in [0.25, 0.3) is 0 Å². The van der Waals surface area contributed by atoms with Crippen LogP contribution in [0.1, 0.15) is 12.8 Å². The molecular formula is C7H14O2Si. The molecule has 2 aliphatic carbocycles. The summed E-state index contributed by atoms with van der Waals surface area (Å²) in [6, 6.07) is 0. The lowest BCUT2D eigenvalue weighted by molar-refractivity contribution is -0.0156. The smallest absolute Gasteiger partial charge is 0.0830 e. The number of rotatable bonds is 0. The van der Waals surface area contributed by atoms with Gasteiger partial charge in [0.2, 0.25) is 0 Å². The van der Waals surface area contributed by atoms with E-state index in [0.717, 1.165) is 12.0 Å². The summed E-state index contributed by atoms with van der Waals surface area (Å²) in [5.41, 5.74) is 0.767. The van der Waals surface area contributed by atoms with Crippen LogP contribution in [0, 0.1) is 11.8 Å². The Labute approximate surface area is 63.7 Å². The van der Waals surface area contributed by atoms with Crippen molar-refractivity contribution in [3.63, 3.8) is 0 Å². The Morgan fingerprint density at radius 1 is 1.10 bits per heavy atom. The second kappa shape index (κ2) is 2.06. The fraction of sp³-hybridized carbons (Fsp3) is 1.00. The van der Waals surface area contributed by atoms with Crippen LogP contribution in [0.25, 0.3) is 0 Å². The number of aliphatic hydroxyl groups excluding tert-OH is 2. The number of hydrogen-bond acceptors (Lipinski definition) is 2. The first-order valence-electron chi connectivity index (χ1n) is 4.06. The third-order valence-corrected chi connectivity index (χ3v) is 4.58. The quantitative estimate of drug-likeness (QED) is 0.439. The van der Waals surface area contributed by atoms with Crippen molar-refractivity contribution in [3.05, 3.63) is 0 Å². The molecule has 0 amide bonds. The maximum Gasteiger partial charge on any atom is 0.0830 e. The van der Waals surface area contributed by atoms with E-state index < -0.39 is 6.10 Å². The van der Waals surface area contributed by atoms with E-state index in [9.17, 15) is 10.2 Å². The van der Waals surface area contributed by atoms with E-state index in [4.69, 9.17) is 0 Å². The van der Waals surface area contributed by atoms with Gasteiger partial charge in [0, 0.05) is 10.2 Å². The van der Waals surface area contributed by atoms with Gasteiger partial charge < -0.3 is 10.2 Å². The normalized spacial score (nSPS) is 60.0. The fourth-order valence-electron chi connectivity index (χ4n) is 2.62. The van der Waals surface area contributed by atoms with Gasteiger partial charge in [-0.15, -0.1) is 0 Å². The fourth-order valence-corrected chi connectivity index (χ4v) is 3.89. The SMILES string of the molecule is OC1C2CC([SiH3])C(C2)C1O. The van der Waals surface area contributed by atoms with Gasteiger partial charge in [-0.05, 0) is 30.2 Å². The molecule has 0 aliphatic heterocycles. The Hall–Kier alpha value is 0.137. The molecule has 2 saturated carbocycles.